The molecule has 2 rings (SSSR count). The highest BCUT2D eigenvalue weighted by molar-refractivity contribution is 5.68. The molecule has 0 spiro atoms. The van der Waals surface area contributed by atoms with Gasteiger partial charge in [-0.2, -0.15) is 5.26 Å². The molecule has 0 aliphatic carbocycles. The maximum atomic E-state index is 8.71. The second kappa shape index (κ2) is 4.99. The molecule has 0 N–H and O–H groups in total. The molecule has 0 saturated heterocycles. The molecule has 0 saturated carbocycles. The number of rotatable bonds is 2. The van der Waals surface area contributed by atoms with E-state index >= 15 is 0 Å². The summed E-state index contributed by atoms with van der Waals surface area (Å²) in [5.74, 6) is 0.615. The van der Waals surface area contributed by atoms with Crippen molar-refractivity contribution in [3.05, 3.63) is 53.5 Å². The van der Waals surface area contributed by atoms with E-state index in [1.165, 1.54) is 6.20 Å². The Hall–Kier alpha value is -2.85. The van der Waals surface area contributed by atoms with Crippen LogP contribution in [0.5, 0.6) is 5.75 Å². The highest BCUT2D eigenvalue weighted by atomic mass is 16.5. The lowest BCUT2D eigenvalue weighted by molar-refractivity contribution is 0.415. The second-order valence-electron chi connectivity index (χ2n) is 3.58. The average Bonchev–Trinajstić information content (AvgIpc) is 2.46. The van der Waals surface area contributed by atoms with Gasteiger partial charge in [0.15, 0.2) is 5.69 Å². The van der Waals surface area contributed by atoms with E-state index in [4.69, 9.17) is 16.6 Å². The first-order chi connectivity index (χ1) is 8.76. The van der Waals surface area contributed by atoms with E-state index in [1.54, 1.807) is 31.4 Å². The summed E-state index contributed by atoms with van der Waals surface area (Å²) < 4.78 is 5.14. The Kier molecular flexibility index (Phi) is 3.22. The third kappa shape index (κ3) is 2.28. The van der Waals surface area contributed by atoms with Gasteiger partial charge in [0.1, 0.15) is 11.8 Å². The molecule has 0 radical (unpaired) electrons. The first kappa shape index (κ1) is 11.6. The summed E-state index contributed by atoms with van der Waals surface area (Å²) in [7, 11) is 1.55. The Bertz CT molecular complexity index is 648. The molecule has 4 heteroatoms. The fourth-order valence-electron chi connectivity index (χ4n) is 1.54. The van der Waals surface area contributed by atoms with Crippen molar-refractivity contribution in [3.8, 4) is 23.1 Å². The zero-order valence-electron chi connectivity index (χ0n) is 9.71. The quantitative estimate of drug-likeness (QED) is 0.751. The van der Waals surface area contributed by atoms with E-state index in [0.717, 1.165) is 5.56 Å². The van der Waals surface area contributed by atoms with Gasteiger partial charge in [0.25, 0.3) is 0 Å². The van der Waals surface area contributed by atoms with Crippen LogP contribution < -0.4 is 4.74 Å². The van der Waals surface area contributed by atoms with Crippen LogP contribution in [0.4, 0.5) is 5.69 Å². The number of aromatic nitrogens is 1. The largest absolute Gasteiger partial charge is 0.498 e. The number of ether oxygens (including phenoxy) is 1. The van der Waals surface area contributed by atoms with Crippen LogP contribution in [0, 0.1) is 17.9 Å². The van der Waals surface area contributed by atoms with Crippen molar-refractivity contribution in [1.29, 1.82) is 5.26 Å². The Morgan fingerprint density at radius 3 is 2.72 bits per heavy atom. The SMILES string of the molecule is [C-]#[N+]c1cc(OC)cc(-c2ccc(C#N)cn2)c1. The Morgan fingerprint density at radius 1 is 1.33 bits per heavy atom. The number of methoxy groups -OCH3 is 1. The van der Waals surface area contributed by atoms with Crippen molar-refractivity contribution in [2.24, 2.45) is 0 Å². The molecule has 18 heavy (non-hydrogen) atoms. The van der Waals surface area contributed by atoms with E-state index < -0.39 is 0 Å². The van der Waals surface area contributed by atoms with Crippen molar-refractivity contribution in [2.45, 2.75) is 0 Å². The van der Waals surface area contributed by atoms with E-state index in [2.05, 4.69) is 9.83 Å². The van der Waals surface area contributed by atoms with Crippen LogP contribution in [0.2, 0.25) is 0 Å². The summed E-state index contributed by atoms with van der Waals surface area (Å²) in [6.07, 6.45) is 1.51. The summed E-state index contributed by atoms with van der Waals surface area (Å²) >= 11 is 0. The van der Waals surface area contributed by atoms with Gasteiger partial charge in [-0.15, -0.1) is 0 Å². The topological polar surface area (TPSA) is 50.3 Å². The molecule has 2 aromatic rings. The minimum Gasteiger partial charge on any atom is -0.498 e. The molecule has 4 nitrogen and oxygen atoms in total. The predicted molar refractivity (Wildman–Crippen MR) is 67.2 cm³/mol. The van der Waals surface area contributed by atoms with Crippen molar-refractivity contribution < 1.29 is 4.74 Å². The van der Waals surface area contributed by atoms with E-state index in [1.807, 2.05) is 12.1 Å². The number of nitrogens with zero attached hydrogens (tertiary/aromatic N) is 3. The summed E-state index contributed by atoms with van der Waals surface area (Å²) in [4.78, 5) is 7.58. The van der Waals surface area contributed by atoms with Crippen molar-refractivity contribution in [3.63, 3.8) is 0 Å². The minimum atomic E-state index is 0.496. The van der Waals surface area contributed by atoms with E-state index in [-0.39, 0.29) is 0 Å². The Balaban J connectivity index is 2.50. The monoisotopic (exact) mass is 235 g/mol. The molecule has 0 fully saturated rings. The first-order valence-corrected chi connectivity index (χ1v) is 5.20. The highest BCUT2D eigenvalue weighted by Gasteiger charge is 2.04. The van der Waals surface area contributed by atoms with Crippen LogP contribution in [-0.2, 0) is 0 Å². The van der Waals surface area contributed by atoms with E-state index in [9.17, 15) is 0 Å². The number of pyridine rings is 1. The highest BCUT2D eigenvalue weighted by Crippen LogP contribution is 2.28. The van der Waals surface area contributed by atoms with Crippen molar-refractivity contribution >= 4 is 5.69 Å². The lowest BCUT2D eigenvalue weighted by Gasteiger charge is -2.05. The molecule has 0 atom stereocenters. The van der Waals surface area contributed by atoms with Gasteiger partial charge in [0, 0.05) is 6.20 Å². The van der Waals surface area contributed by atoms with Crippen molar-refractivity contribution in [2.75, 3.05) is 7.11 Å². The van der Waals surface area contributed by atoms with E-state index in [0.29, 0.717) is 22.7 Å². The lowest BCUT2D eigenvalue weighted by atomic mass is 10.1. The fraction of sp³-hybridized carbons (Fsp3) is 0.0714. The van der Waals surface area contributed by atoms with Gasteiger partial charge in [-0.25, -0.2) is 4.85 Å². The maximum absolute atomic E-state index is 8.71. The van der Waals surface area contributed by atoms with Crippen LogP contribution in [0.25, 0.3) is 16.1 Å². The smallest absolute Gasteiger partial charge is 0.191 e. The molecule has 1 aromatic heterocycles. The van der Waals surface area contributed by atoms with Gasteiger partial charge >= 0.3 is 0 Å². The normalized spacial score (nSPS) is 9.28. The molecule has 0 aliphatic rings. The zero-order valence-corrected chi connectivity index (χ0v) is 9.71. The lowest BCUT2D eigenvalue weighted by Crippen LogP contribution is -1.87. The third-order valence-electron chi connectivity index (χ3n) is 2.44. The van der Waals surface area contributed by atoms with Gasteiger partial charge in [-0.3, -0.25) is 4.98 Å². The van der Waals surface area contributed by atoms with Crippen LogP contribution in [0.3, 0.4) is 0 Å². The standard InChI is InChI=1S/C14H9N3O/c1-16-12-5-11(6-13(7-12)18-2)14-4-3-10(8-15)9-17-14/h3-7,9H,2H3. The van der Waals surface area contributed by atoms with Crippen LogP contribution in [-0.4, -0.2) is 12.1 Å². The van der Waals surface area contributed by atoms with Gasteiger partial charge < -0.3 is 4.74 Å². The number of nitriles is 1. The number of hydrogen-bond donors (Lipinski definition) is 0. The zero-order chi connectivity index (χ0) is 13.0. The van der Waals surface area contributed by atoms with Gasteiger partial charge in [0.05, 0.1) is 24.9 Å². The molecule has 0 unspecified atom stereocenters. The summed E-state index contributed by atoms with van der Waals surface area (Å²) in [6, 6.07) is 10.7. The Labute approximate surface area is 105 Å². The first-order valence-electron chi connectivity index (χ1n) is 5.20. The molecular weight excluding hydrogens is 226 g/mol. The Morgan fingerprint density at radius 2 is 2.17 bits per heavy atom. The molecule has 0 aliphatic heterocycles. The predicted octanol–water partition coefficient (Wildman–Crippen LogP) is 3.18. The summed E-state index contributed by atoms with van der Waals surface area (Å²) in [6.45, 7) is 7.04. The molecule has 1 aromatic carbocycles. The molecule has 0 amide bonds. The summed E-state index contributed by atoms with van der Waals surface area (Å²) in [5.41, 5.74) is 2.50. The molecular formula is C14H9N3O. The number of benzene rings is 1. The molecule has 0 bridgehead atoms. The average molecular weight is 235 g/mol. The third-order valence-corrected chi connectivity index (χ3v) is 2.44. The van der Waals surface area contributed by atoms with Gasteiger partial charge in [-0.05, 0) is 35.9 Å². The summed E-state index contributed by atoms with van der Waals surface area (Å²) in [5, 5.41) is 8.71. The van der Waals surface area contributed by atoms with Crippen LogP contribution in [0.15, 0.2) is 36.5 Å². The maximum Gasteiger partial charge on any atom is 0.191 e. The van der Waals surface area contributed by atoms with Crippen molar-refractivity contribution in [1.82, 2.24) is 4.98 Å². The fourth-order valence-corrected chi connectivity index (χ4v) is 1.54. The minimum absolute atomic E-state index is 0.496. The second-order valence-corrected chi connectivity index (χ2v) is 3.58. The molecule has 1 heterocycles. The van der Waals surface area contributed by atoms with Crippen LogP contribution in [0.1, 0.15) is 5.56 Å². The molecule has 86 valence electrons. The van der Waals surface area contributed by atoms with Gasteiger partial charge in [0.2, 0.25) is 0 Å². The van der Waals surface area contributed by atoms with Gasteiger partial charge in [-0.1, -0.05) is 0 Å². The number of hydrogen-bond acceptors (Lipinski definition) is 3. The van der Waals surface area contributed by atoms with Crippen LogP contribution >= 0.6 is 0 Å².